The summed E-state index contributed by atoms with van der Waals surface area (Å²) in [6.07, 6.45) is 2.58. The molecule has 0 unspecified atom stereocenters. The third kappa shape index (κ3) is 3.99. The maximum Gasteiger partial charge on any atom is 0.264 e. The van der Waals surface area contributed by atoms with Gasteiger partial charge in [0.25, 0.3) is 5.91 Å². The summed E-state index contributed by atoms with van der Waals surface area (Å²) in [7, 11) is 0. The molecular formula is C26H20ClNO5. The second-order valence-corrected chi connectivity index (χ2v) is 8.42. The van der Waals surface area contributed by atoms with E-state index >= 15 is 0 Å². The van der Waals surface area contributed by atoms with Crippen LogP contribution in [0.3, 0.4) is 0 Å². The van der Waals surface area contributed by atoms with Gasteiger partial charge >= 0.3 is 0 Å². The molecule has 1 atom stereocenters. The molecule has 33 heavy (non-hydrogen) atoms. The first kappa shape index (κ1) is 21.2. The number of hydrogen-bond acceptors (Lipinski definition) is 5. The quantitative estimate of drug-likeness (QED) is 0.548. The minimum absolute atomic E-state index is 0.165. The van der Waals surface area contributed by atoms with E-state index in [1.54, 1.807) is 42.5 Å². The number of aliphatic hydroxyl groups is 1. The maximum atomic E-state index is 13.4. The number of benzene rings is 3. The van der Waals surface area contributed by atoms with Crippen molar-refractivity contribution < 1.29 is 24.2 Å². The fourth-order valence-electron chi connectivity index (χ4n) is 4.13. The van der Waals surface area contributed by atoms with E-state index < -0.39 is 23.7 Å². The highest BCUT2D eigenvalue weighted by Gasteiger charge is 2.50. The number of carbonyl (C=O) groups excluding carboxylic acids is 2. The van der Waals surface area contributed by atoms with Crippen LogP contribution in [0.15, 0.2) is 72.8 Å². The first-order chi connectivity index (χ1) is 15.9. The molecule has 0 fully saturated rings. The summed E-state index contributed by atoms with van der Waals surface area (Å²) in [5.41, 5.74) is 0.534. The van der Waals surface area contributed by atoms with Gasteiger partial charge in [-0.3, -0.25) is 9.59 Å². The van der Waals surface area contributed by atoms with Crippen molar-refractivity contribution in [1.82, 2.24) is 0 Å². The average molecular weight is 462 g/mol. The molecule has 2 aliphatic rings. The SMILES string of the molecule is O=C(/C=C/c1ccc2c(c1)OCO2)C[C@]1(O)C(=O)N(Cc2ccccc2)c2ccc(Cl)cc21. The molecule has 6 nitrogen and oxygen atoms in total. The molecule has 7 heteroatoms. The molecule has 0 spiro atoms. The van der Waals surface area contributed by atoms with Crippen molar-refractivity contribution in [2.45, 2.75) is 18.6 Å². The summed E-state index contributed by atoms with van der Waals surface area (Å²) in [5.74, 6) is 0.315. The highest BCUT2D eigenvalue weighted by Crippen LogP contribution is 2.44. The van der Waals surface area contributed by atoms with Gasteiger partial charge in [-0.2, -0.15) is 0 Å². The van der Waals surface area contributed by atoms with Crippen molar-refractivity contribution in [1.29, 1.82) is 0 Å². The fraction of sp³-hybridized carbons (Fsp3) is 0.154. The molecule has 1 N–H and O–H groups in total. The molecule has 0 aliphatic carbocycles. The van der Waals surface area contributed by atoms with Crippen molar-refractivity contribution in [3.63, 3.8) is 0 Å². The normalized spacial score (nSPS) is 18.7. The number of rotatable bonds is 6. The second kappa shape index (κ2) is 8.39. The smallest absolute Gasteiger partial charge is 0.264 e. The van der Waals surface area contributed by atoms with Crippen molar-refractivity contribution in [2.75, 3.05) is 11.7 Å². The van der Waals surface area contributed by atoms with Crippen LogP contribution in [0.5, 0.6) is 11.5 Å². The Bertz CT molecular complexity index is 1270. The van der Waals surface area contributed by atoms with E-state index in [1.807, 2.05) is 30.3 Å². The zero-order valence-electron chi connectivity index (χ0n) is 17.5. The number of carbonyl (C=O) groups is 2. The molecule has 0 saturated heterocycles. The fourth-order valence-corrected chi connectivity index (χ4v) is 4.31. The number of nitrogens with zero attached hydrogens (tertiary/aromatic N) is 1. The molecule has 5 rings (SSSR count). The number of ketones is 1. The Labute approximate surface area is 195 Å². The van der Waals surface area contributed by atoms with Gasteiger partial charge in [0, 0.05) is 10.6 Å². The Morgan fingerprint density at radius 3 is 2.67 bits per heavy atom. The predicted molar refractivity (Wildman–Crippen MR) is 124 cm³/mol. The van der Waals surface area contributed by atoms with Gasteiger partial charge in [-0.25, -0.2) is 0 Å². The average Bonchev–Trinajstić information content (AvgIpc) is 3.36. The minimum atomic E-state index is -1.99. The van der Waals surface area contributed by atoms with Crippen LogP contribution in [0.2, 0.25) is 5.02 Å². The lowest BCUT2D eigenvalue weighted by molar-refractivity contribution is -0.140. The maximum absolute atomic E-state index is 13.4. The molecule has 3 aromatic carbocycles. The number of allylic oxidation sites excluding steroid dienone is 1. The molecule has 0 radical (unpaired) electrons. The van der Waals surface area contributed by atoms with E-state index in [2.05, 4.69) is 0 Å². The van der Waals surface area contributed by atoms with Gasteiger partial charge < -0.3 is 19.5 Å². The molecule has 0 saturated carbocycles. The Balaban J connectivity index is 1.40. The van der Waals surface area contributed by atoms with Crippen LogP contribution in [-0.2, 0) is 21.7 Å². The lowest BCUT2D eigenvalue weighted by atomic mass is 9.89. The molecule has 2 aliphatic heterocycles. The van der Waals surface area contributed by atoms with Crippen LogP contribution in [-0.4, -0.2) is 23.6 Å². The van der Waals surface area contributed by atoms with E-state index in [4.69, 9.17) is 21.1 Å². The number of amides is 1. The van der Waals surface area contributed by atoms with E-state index in [1.165, 1.54) is 11.0 Å². The summed E-state index contributed by atoms with van der Waals surface area (Å²) < 4.78 is 10.6. The van der Waals surface area contributed by atoms with Crippen LogP contribution in [0.1, 0.15) is 23.1 Å². The number of halogens is 1. The lowest BCUT2D eigenvalue weighted by Gasteiger charge is -2.22. The topological polar surface area (TPSA) is 76.1 Å². The predicted octanol–water partition coefficient (Wildman–Crippen LogP) is 4.48. The summed E-state index contributed by atoms with van der Waals surface area (Å²) in [6, 6.07) is 19.7. The largest absolute Gasteiger partial charge is 0.454 e. The van der Waals surface area contributed by atoms with Crippen molar-refractivity contribution in [3.8, 4) is 11.5 Å². The summed E-state index contributed by atoms with van der Waals surface area (Å²) in [4.78, 5) is 27.7. The van der Waals surface area contributed by atoms with E-state index in [9.17, 15) is 14.7 Å². The second-order valence-electron chi connectivity index (χ2n) is 7.99. The standard InChI is InChI=1S/C26H20ClNO5/c27-19-8-10-22-21(13-19)26(31,25(30)28(22)15-18-4-2-1-3-5-18)14-20(29)9-6-17-7-11-23-24(12-17)33-16-32-23/h1-13,31H,14-16H2/b9-6+/t26-/m1/s1. The van der Waals surface area contributed by atoms with Crippen LogP contribution in [0.4, 0.5) is 5.69 Å². The first-order valence-electron chi connectivity index (χ1n) is 10.4. The summed E-state index contributed by atoms with van der Waals surface area (Å²) in [5, 5.41) is 11.8. The molecule has 1 amide bonds. The first-order valence-corrected chi connectivity index (χ1v) is 10.8. The Kier molecular flexibility index (Phi) is 5.40. The van der Waals surface area contributed by atoms with Gasteiger partial charge in [0.05, 0.1) is 18.7 Å². The molecule has 166 valence electrons. The van der Waals surface area contributed by atoms with Crippen LogP contribution < -0.4 is 14.4 Å². The monoisotopic (exact) mass is 461 g/mol. The van der Waals surface area contributed by atoms with Crippen LogP contribution in [0.25, 0.3) is 6.08 Å². The Morgan fingerprint density at radius 2 is 1.85 bits per heavy atom. The number of hydrogen-bond donors (Lipinski definition) is 1. The van der Waals surface area contributed by atoms with E-state index in [0.717, 1.165) is 11.1 Å². The zero-order chi connectivity index (χ0) is 23.0. The molecule has 0 aromatic heterocycles. The number of ether oxygens (including phenoxy) is 2. The Morgan fingerprint density at radius 1 is 1.06 bits per heavy atom. The van der Waals surface area contributed by atoms with Gasteiger partial charge in [-0.1, -0.05) is 54.1 Å². The summed E-state index contributed by atoms with van der Waals surface area (Å²) >= 11 is 6.17. The van der Waals surface area contributed by atoms with Gasteiger partial charge in [-0.15, -0.1) is 0 Å². The molecule has 2 heterocycles. The van der Waals surface area contributed by atoms with Crippen molar-refractivity contribution in [3.05, 3.63) is 94.5 Å². The Hall–Kier alpha value is -3.61. The van der Waals surface area contributed by atoms with Gasteiger partial charge in [0.2, 0.25) is 6.79 Å². The van der Waals surface area contributed by atoms with Gasteiger partial charge in [-0.05, 0) is 47.5 Å². The minimum Gasteiger partial charge on any atom is -0.454 e. The number of anilines is 1. The van der Waals surface area contributed by atoms with Gasteiger partial charge in [0.1, 0.15) is 0 Å². The van der Waals surface area contributed by atoms with Crippen LogP contribution >= 0.6 is 11.6 Å². The van der Waals surface area contributed by atoms with Crippen molar-refractivity contribution in [2.24, 2.45) is 0 Å². The lowest BCUT2D eigenvalue weighted by Crippen LogP contribution is -2.41. The molecular weight excluding hydrogens is 442 g/mol. The van der Waals surface area contributed by atoms with Crippen molar-refractivity contribution >= 4 is 35.1 Å². The molecule has 3 aromatic rings. The third-order valence-electron chi connectivity index (χ3n) is 5.77. The van der Waals surface area contributed by atoms with Crippen LogP contribution in [0, 0.1) is 0 Å². The van der Waals surface area contributed by atoms with E-state index in [-0.39, 0.29) is 13.3 Å². The molecule has 0 bridgehead atoms. The highest BCUT2D eigenvalue weighted by molar-refractivity contribution is 6.31. The van der Waals surface area contributed by atoms with E-state index in [0.29, 0.717) is 27.8 Å². The number of fused-ring (bicyclic) bond motifs is 2. The summed E-state index contributed by atoms with van der Waals surface area (Å²) in [6.45, 7) is 0.440. The van der Waals surface area contributed by atoms with Gasteiger partial charge in [0.15, 0.2) is 22.9 Å². The third-order valence-corrected chi connectivity index (χ3v) is 6.00. The zero-order valence-corrected chi connectivity index (χ0v) is 18.3. The highest BCUT2D eigenvalue weighted by atomic mass is 35.5.